The van der Waals surface area contributed by atoms with Gasteiger partial charge in [-0.25, -0.2) is 4.79 Å². The van der Waals surface area contributed by atoms with Gasteiger partial charge in [-0.2, -0.15) is 0 Å². The number of likely N-dealkylation sites (N-methyl/N-ethyl adjacent to an activating group) is 7. The van der Waals surface area contributed by atoms with Crippen molar-refractivity contribution in [3.05, 3.63) is 12.2 Å². The highest BCUT2D eigenvalue weighted by molar-refractivity contribution is 5.98. The number of amides is 11. The number of cyclic esters (lactones) is 1. The van der Waals surface area contributed by atoms with Crippen molar-refractivity contribution in [2.24, 2.45) is 35.5 Å². The van der Waals surface area contributed by atoms with E-state index in [4.69, 9.17) is 4.74 Å². The lowest BCUT2D eigenvalue weighted by atomic mass is 9.93. The Morgan fingerprint density at radius 2 is 1.01 bits per heavy atom. The second-order valence-electron chi connectivity index (χ2n) is 24.1. The smallest absolute Gasteiger partial charge is 0.410 e. The number of ether oxygens (including phenoxy) is 1. The van der Waals surface area contributed by atoms with Gasteiger partial charge in [0.25, 0.3) is 0 Å². The first-order valence-electron chi connectivity index (χ1n) is 28.8. The highest BCUT2D eigenvalue weighted by atomic mass is 16.6. The Labute approximate surface area is 483 Å². The van der Waals surface area contributed by atoms with Crippen molar-refractivity contribution >= 4 is 65.2 Å². The van der Waals surface area contributed by atoms with Gasteiger partial charge in [0.15, 0.2) is 6.04 Å². The number of hydrogen-bond acceptors (Lipinski definition) is 12. The maximum Gasteiger partial charge on any atom is 0.410 e. The molecule has 5 N–H and O–H groups in total. The van der Waals surface area contributed by atoms with Crippen LogP contribution in [-0.2, 0) is 52.7 Å². The predicted octanol–water partition coefficient (Wildman–Crippen LogP) is 3.15. The Balaban J connectivity index is 3.29. The van der Waals surface area contributed by atoms with Crippen molar-refractivity contribution in [2.75, 3.05) is 55.9 Å². The number of carbonyl (C=O) groups is 11. The van der Waals surface area contributed by atoms with Crippen LogP contribution in [0.1, 0.15) is 142 Å². The molecule has 81 heavy (non-hydrogen) atoms. The average molecular weight is 1150 g/mol. The van der Waals surface area contributed by atoms with Crippen LogP contribution in [0.4, 0.5) is 4.79 Å². The average Bonchev–Trinajstić information content (AvgIpc) is 3.88. The maximum absolute atomic E-state index is 14.5. The van der Waals surface area contributed by atoms with Crippen molar-refractivity contribution < 1.29 is 57.5 Å². The first kappa shape index (κ1) is 72.7. The van der Waals surface area contributed by atoms with Crippen LogP contribution in [0.5, 0.6) is 0 Å². The third-order valence-corrected chi connectivity index (χ3v) is 14.8. The molecule has 0 radical (unpaired) electrons. The molecule has 1 aliphatic heterocycles. The zero-order chi connectivity index (χ0) is 62.7. The molecule has 0 aromatic carbocycles. The summed E-state index contributed by atoms with van der Waals surface area (Å²) in [6.45, 7) is 26.5. The molecule has 1 fully saturated rings. The third-order valence-electron chi connectivity index (χ3n) is 14.8. The number of carbonyl (C=O) groups excluding carboxylic acids is 11. The Bertz CT molecular complexity index is 2200. The first-order valence-corrected chi connectivity index (χ1v) is 28.8. The summed E-state index contributed by atoms with van der Waals surface area (Å²) in [7, 11) is 10.3. The van der Waals surface area contributed by atoms with Crippen LogP contribution in [0.3, 0.4) is 0 Å². The van der Waals surface area contributed by atoms with E-state index in [1.807, 2.05) is 81.4 Å². The van der Waals surface area contributed by atoms with Gasteiger partial charge in [-0.05, 0) is 94.8 Å². The molecule has 1 aliphatic rings. The monoisotopic (exact) mass is 1150 g/mol. The summed E-state index contributed by atoms with van der Waals surface area (Å²) in [4.78, 5) is 159. The van der Waals surface area contributed by atoms with E-state index in [1.165, 1.54) is 80.6 Å². The van der Waals surface area contributed by atoms with Crippen molar-refractivity contribution in [2.45, 2.75) is 203 Å². The van der Waals surface area contributed by atoms with Gasteiger partial charge in [-0.3, -0.25) is 52.8 Å². The van der Waals surface area contributed by atoms with Crippen molar-refractivity contribution in [1.29, 1.82) is 0 Å². The topological polar surface area (TPSA) is 277 Å². The number of allylic oxidation sites excluding steroid dienone is 2. The van der Waals surface area contributed by atoms with Crippen molar-refractivity contribution in [3.8, 4) is 0 Å². The highest BCUT2D eigenvalue weighted by Gasteiger charge is 2.47. The molecular weight excluding hydrogens is 1040 g/mol. The molecule has 11 atom stereocenters. The fourth-order valence-corrected chi connectivity index (χ4v) is 9.72. The second kappa shape index (κ2) is 33.6. The van der Waals surface area contributed by atoms with E-state index in [-0.39, 0.29) is 61.2 Å². The largest absolute Gasteiger partial charge is 0.443 e. The number of hydrogen-bond donors (Lipinski definition) is 5. The van der Waals surface area contributed by atoms with E-state index >= 15 is 0 Å². The van der Waals surface area contributed by atoms with Crippen LogP contribution in [0.15, 0.2) is 12.2 Å². The Morgan fingerprint density at radius 3 is 1.48 bits per heavy atom. The summed E-state index contributed by atoms with van der Waals surface area (Å²) in [5.74, 6) is -6.53. The van der Waals surface area contributed by atoms with Gasteiger partial charge in [0.05, 0.1) is 6.54 Å². The molecule has 11 amide bonds. The summed E-state index contributed by atoms with van der Waals surface area (Å²) < 4.78 is 5.55. The summed E-state index contributed by atoms with van der Waals surface area (Å²) in [5.41, 5.74) is 0. The van der Waals surface area contributed by atoms with Gasteiger partial charge in [0, 0.05) is 49.3 Å². The van der Waals surface area contributed by atoms with Gasteiger partial charge in [0.1, 0.15) is 54.4 Å². The molecular formula is C58H103N11O12. The summed E-state index contributed by atoms with van der Waals surface area (Å²) in [5, 5.41) is 13.6. The lowest BCUT2D eigenvalue weighted by Crippen LogP contribution is -2.60. The zero-order valence-corrected chi connectivity index (χ0v) is 52.9. The minimum atomic E-state index is -1.19. The van der Waals surface area contributed by atoms with E-state index in [1.54, 1.807) is 27.8 Å². The van der Waals surface area contributed by atoms with Crippen LogP contribution in [0.2, 0.25) is 0 Å². The second-order valence-corrected chi connectivity index (χ2v) is 24.1. The highest BCUT2D eigenvalue weighted by Crippen LogP contribution is 2.27. The van der Waals surface area contributed by atoms with Crippen molar-refractivity contribution in [3.63, 3.8) is 0 Å². The molecule has 1 heterocycles. The lowest BCUT2D eigenvalue weighted by molar-refractivity contribution is -0.149. The van der Waals surface area contributed by atoms with E-state index < -0.39 is 132 Å². The van der Waals surface area contributed by atoms with E-state index in [2.05, 4.69) is 26.6 Å². The molecule has 1 rings (SSSR count). The molecule has 0 saturated carbocycles. The molecule has 23 nitrogen and oxygen atoms in total. The fraction of sp³-hybridized carbons (Fsp3) is 0.776. The summed E-state index contributed by atoms with van der Waals surface area (Å²) in [6, 6.07) is -9.48. The number of rotatable bonds is 32. The molecule has 23 heteroatoms. The lowest BCUT2D eigenvalue weighted by Gasteiger charge is -2.36. The molecule has 1 saturated heterocycles. The Hall–Kier alpha value is -6.29. The Morgan fingerprint density at radius 1 is 0.568 bits per heavy atom. The third kappa shape index (κ3) is 21.2. The molecule has 462 valence electrons. The standard InChI is InChI=1S/C58H103N11O12/c1-23-25-26-37(13)48-47(69(22)58(80)81-48)53(75)62-40(24-2)55(77)64(17)31-45(70)65(18)42(28-33(5)6)52(74)63-46(36(11)12)57(79)67(20)43(29-34(7)8)51(73)60-38(14)49(71)61-39(15)54(76)68(21)44(30-35(9)10)56(78)66(19)41(27-32(3)4)50(72)59-16/h23,25,32-44,46-48H,24,26-31H2,1-22H3,(H,59,72)(H,60,73)(H,61,71)(H,62,75)(H,63,74)/b25-23+/t37-,38+,39-,40+,41+,42+,43+,44+,46+,47+,48-/m1/s1. The molecule has 0 aliphatic carbocycles. The maximum atomic E-state index is 14.5. The number of nitrogens with zero attached hydrogens (tertiary/aromatic N) is 6. The van der Waals surface area contributed by atoms with Crippen LogP contribution in [-0.4, -0.2) is 211 Å². The summed E-state index contributed by atoms with van der Waals surface area (Å²) >= 11 is 0. The van der Waals surface area contributed by atoms with Gasteiger partial charge < -0.3 is 55.8 Å². The SMILES string of the molecule is C/C=C/C[C@@H](C)[C@H]1OC(=O)N(C)[C@@H]1C(=O)N[C@@H](CC)C(=O)N(C)CC(=O)N(C)[C@@H](CC(C)C)C(=O)N[C@H](C(=O)N(C)[C@@H](CC(C)C)C(=O)N[C@@H](C)C(=O)N[C@H](C)C(=O)N(C)[C@@H](CC(C)C)C(=O)N(C)[C@@H](CC(C)C)C(=O)NC)C(C)C. The van der Waals surface area contributed by atoms with Crippen LogP contribution in [0, 0.1) is 35.5 Å². The molecule has 0 bridgehead atoms. The van der Waals surface area contributed by atoms with Crippen LogP contribution in [0.25, 0.3) is 0 Å². The molecule has 0 aromatic rings. The fourth-order valence-electron chi connectivity index (χ4n) is 9.72. The van der Waals surface area contributed by atoms with E-state index in [0.29, 0.717) is 12.8 Å². The molecule has 0 spiro atoms. The van der Waals surface area contributed by atoms with E-state index in [0.717, 1.165) is 4.90 Å². The molecule has 0 aromatic heterocycles. The van der Waals surface area contributed by atoms with Crippen LogP contribution >= 0.6 is 0 Å². The van der Waals surface area contributed by atoms with Gasteiger partial charge in [-0.1, -0.05) is 95.2 Å². The summed E-state index contributed by atoms with van der Waals surface area (Å²) in [6.07, 6.45) is 4.13. The first-order chi connectivity index (χ1) is 37.5. The zero-order valence-electron chi connectivity index (χ0n) is 52.9. The van der Waals surface area contributed by atoms with E-state index in [9.17, 15) is 52.7 Å². The minimum absolute atomic E-state index is 0.0164. The molecule has 0 unspecified atom stereocenters. The van der Waals surface area contributed by atoms with Gasteiger partial charge >= 0.3 is 6.09 Å². The predicted molar refractivity (Wildman–Crippen MR) is 310 cm³/mol. The quantitative estimate of drug-likeness (QED) is 0.0608. The van der Waals surface area contributed by atoms with Gasteiger partial charge in [-0.15, -0.1) is 0 Å². The van der Waals surface area contributed by atoms with Crippen molar-refractivity contribution in [1.82, 2.24) is 56.0 Å². The van der Waals surface area contributed by atoms with Gasteiger partial charge in [0.2, 0.25) is 59.1 Å². The number of nitrogens with one attached hydrogen (secondary N) is 5. The normalized spacial score (nSPS) is 17.8. The Kier molecular flexibility index (Phi) is 30.2. The minimum Gasteiger partial charge on any atom is -0.443 e. The van der Waals surface area contributed by atoms with Crippen LogP contribution < -0.4 is 26.6 Å².